The summed E-state index contributed by atoms with van der Waals surface area (Å²) in [4.78, 5) is 17.3. The van der Waals surface area contributed by atoms with E-state index >= 15 is 0 Å². The number of aromatic nitrogens is 2. The number of ether oxygens (including phenoxy) is 1. The van der Waals surface area contributed by atoms with E-state index in [-0.39, 0.29) is 17.9 Å². The molecular weight excluding hydrogens is 589 g/mol. The van der Waals surface area contributed by atoms with Crippen molar-refractivity contribution in [1.29, 1.82) is 0 Å². The van der Waals surface area contributed by atoms with Gasteiger partial charge >= 0.3 is 0 Å². The maximum absolute atomic E-state index is 11.3. The predicted molar refractivity (Wildman–Crippen MR) is 164 cm³/mol. The van der Waals surface area contributed by atoms with Crippen molar-refractivity contribution in [3.8, 4) is 5.88 Å². The maximum atomic E-state index is 11.3. The molecule has 0 amide bonds. The Labute approximate surface area is 259 Å². The van der Waals surface area contributed by atoms with Gasteiger partial charge in [-0.15, -0.1) is 0 Å². The van der Waals surface area contributed by atoms with E-state index < -0.39 is 5.60 Å². The number of nitrogens with zero attached hydrogens (tertiary/aromatic N) is 3. The number of hydrogen-bond acceptors (Lipinski definition) is 7. The molecule has 1 N–H and O–H groups in total. The molecule has 4 aromatic rings. The average molecular weight is 619 g/mol. The summed E-state index contributed by atoms with van der Waals surface area (Å²) in [7, 11) is 0. The molecule has 2 atom stereocenters. The van der Waals surface area contributed by atoms with Crippen LogP contribution < -0.4 is 4.74 Å². The second-order valence-electron chi connectivity index (χ2n) is 11.3. The highest BCUT2D eigenvalue weighted by Gasteiger charge is 2.47. The fourth-order valence-electron chi connectivity index (χ4n) is 5.86. The molecule has 7 rings (SSSR count). The van der Waals surface area contributed by atoms with Gasteiger partial charge in [-0.2, -0.15) is 0 Å². The number of rotatable bonds is 9. The lowest BCUT2D eigenvalue weighted by atomic mass is 9.66. The molecule has 42 heavy (non-hydrogen) atoms. The lowest BCUT2D eigenvalue weighted by Gasteiger charge is -2.43. The molecule has 2 aliphatic carbocycles. The molecule has 0 saturated heterocycles. The standard InChI is InChI=1S/C33H29Cl2N3O3S/c34-26-10-5-11-27(35)30(26)31-25(32(41-38-31)20-12-13-20)19-40-29-18-36-28(17-37-29)33(39)15-22(16-33)21-6-4-9-24(14-21)42-23-7-2-1-3-8-23/h1-11,14,17-18,20,22,25,32,39H,12-13,15-16,19H2. The molecular formula is C33H29Cl2N3O3S. The number of benzene rings is 3. The summed E-state index contributed by atoms with van der Waals surface area (Å²) in [6.45, 7) is 0.305. The Balaban J connectivity index is 0.994. The summed E-state index contributed by atoms with van der Waals surface area (Å²) in [5.41, 5.74) is 2.17. The molecule has 1 aromatic heterocycles. The van der Waals surface area contributed by atoms with E-state index in [4.69, 9.17) is 32.8 Å². The van der Waals surface area contributed by atoms with Crippen molar-refractivity contribution in [2.45, 2.75) is 53.1 Å². The maximum Gasteiger partial charge on any atom is 0.232 e. The Hall–Kier alpha value is -3.10. The Kier molecular flexibility index (Phi) is 7.61. The minimum Gasteiger partial charge on any atom is -0.476 e. The smallest absolute Gasteiger partial charge is 0.232 e. The van der Waals surface area contributed by atoms with Crippen LogP contribution in [0.25, 0.3) is 0 Å². The van der Waals surface area contributed by atoms with Crippen molar-refractivity contribution in [3.63, 3.8) is 0 Å². The molecule has 6 nitrogen and oxygen atoms in total. The molecule has 214 valence electrons. The quantitative estimate of drug-likeness (QED) is 0.206. The van der Waals surface area contributed by atoms with Crippen molar-refractivity contribution in [3.05, 3.63) is 112 Å². The van der Waals surface area contributed by atoms with E-state index in [2.05, 4.69) is 51.5 Å². The van der Waals surface area contributed by atoms with Crippen molar-refractivity contribution in [2.24, 2.45) is 17.0 Å². The van der Waals surface area contributed by atoms with Gasteiger partial charge in [-0.3, -0.25) is 4.98 Å². The van der Waals surface area contributed by atoms with Gasteiger partial charge in [-0.05, 0) is 79.5 Å². The van der Waals surface area contributed by atoms with Crippen LogP contribution >= 0.6 is 35.0 Å². The summed E-state index contributed by atoms with van der Waals surface area (Å²) in [5.74, 6) is 0.951. The fourth-order valence-corrected chi connectivity index (χ4v) is 7.36. The summed E-state index contributed by atoms with van der Waals surface area (Å²) in [6.07, 6.45) is 6.52. The Morgan fingerprint density at radius 2 is 1.64 bits per heavy atom. The van der Waals surface area contributed by atoms with Crippen molar-refractivity contribution < 1.29 is 14.7 Å². The third-order valence-corrected chi connectivity index (χ3v) is 9.95. The van der Waals surface area contributed by atoms with Crippen molar-refractivity contribution in [2.75, 3.05) is 6.61 Å². The van der Waals surface area contributed by atoms with Gasteiger partial charge < -0.3 is 14.7 Å². The monoisotopic (exact) mass is 617 g/mol. The van der Waals surface area contributed by atoms with E-state index in [9.17, 15) is 5.11 Å². The molecule has 3 aromatic carbocycles. The van der Waals surface area contributed by atoms with E-state index in [0.29, 0.717) is 58.3 Å². The van der Waals surface area contributed by atoms with E-state index in [0.717, 1.165) is 12.8 Å². The van der Waals surface area contributed by atoms with Crippen LogP contribution in [0.3, 0.4) is 0 Å². The van der Waals surface area contributed by atoms with Gasteiger partial charge in [-0.1, -0.05) is 76.5 Å². The van der Waals surface area contributed by atoms with Crippen LogP contribution in [0, 0.1) is 11.8 Å². The first kappa shape index (κ1) is 27.7. The molecule has 9 heteroatoms. The molecule has 1 aliphatic heterocycles. The normalized spacial score (nSPS) is 24.9. The summed E-state index contributed by atoms with van der Waals surface area (Å²) >= 11 is 14.7. The molecule has 2 fully saturated rings. The number of hydrogen-bond donors (Lipinski definition) is 1. The van der Waals surface area contributed by atoms with Crippen LogP contribution in [0.2, 0.25) is 10.0 Å². The van der Waals surface area contributed by atoms with Gasteiger partial charge in [0, 0.05) is 15.4 Å². The van der Waals surface area contributed by atoms with Crippen LogP contribution in [0.1, 0.15) is 48.4 Å². The molecule has 2 unspecified atom stereocenters. The zero-order chi connectivity index (χ0) is 28.7. The van der Waals surface area contributed by atoms with Gasteiger partial charge in [0.05, 0.1) is 34.1 Å². The largest absolute Gasteiger partial charge is 0.476 e. The average Bonchev–Trinajstić information content (AvgIpc) is 3.75. The van der Waals surface area contributed by atoms with Gasteiger partial charge in [0.2, 0.25) is 5.88 Å². The first-order valence-corrected chi connectivity index (χ1v) is 15.7. The predicted octanol–water partition coefficient (Wildman–Crippen LogP) is 7.91. The van der Waals surface area contributed by atoms with E-state index in [1.54, 1.807) is 36.3 Å². The van der Waals surface area contributed by atoms with Crippen LogP contribution in [0.4, 0.5) is 0 Å². The molecule has 0 bridgehead atoms. The minimum absolute atomic E-state index is 0.0863. The van der Waals surface area contributed by atoms with Crippen LogP contribution in [0.15, 0.2) is 100 Å². The van der Waals surface area contributed by atoms with E-state index in [1.165, 1.54) is 15.4 Å². The molecule has 3 aliphatic rings. The van der Waals surface area contributed by atoms with Gasteiger partial charge in [-0.25, -0.2) is 4.98 Å². The highest BCUT2D eigenvalue weighted by atomic mass is 35.5. The van der Waals surface area contributed by atoms with E-state index in [1.807, 2.05) is 24.3 Å². The fraction of sp³-hybridized carbons (Fsp3) is 0.303. The van der Waals surface area contributed by atoms with Crippen molar-refractivity contribution >= 4 is 40.7 Å². The lowest BCUT2D eigenvalue weighted by molar-refractivity contribution is -0.0590. The first-order chi connectivity index (χ1) is 20.5. The first-order valence-electron chi connectivity index (χ1n) is 14.2. The highest BCUT2D eigenvalue weighted by molar-refractivity contribution is 7.99. The third kappa shape index (κ3) is 5.63. The second kappa shape index (κ2) is 11.5. The Morgan fingerprint density at radius 3 is 2.36 bits per heavy atom. The summed E-state index contributed by atoms with van der Waals surface area (Å²) in [5, 5.41) is 16.8. The second-order valence-corrected chi connectivity index (χ2v) is 13.2. The highest BCUT2D eigenvalue weighted by Crippen LogP contribution is 2.51. The molecule has 2 saturated carbocycles. The van der Waals surface area contributed by atoms with Crippen LogP contribution in [0.5, 0.6) is 5.88 Å². The SMILES string of the molecule is OC1(c2cnc(OCC3C(c4c(Cl)cccc4Cl)=NOC3C3CC3)cn2)CC(c2cccc(Sc3ccccc3)c2)C1. The van der Waals surface area contributed by atoms with Gasteiger partial charge in [0.15, 0.2) is 0 Å². The number of oxime groups is 1. The molecule has 2 heterocycles. The minimum atomic E-state index is -1.00. The summed E-state index contributed by atoms with van der Waals surface area (Å²) < 4.78 is 6.10. The van der Waals surface area contributed by atoms with Crippen LogP contribution in [-0.2, 0) is 10.4 Å². The molecule has 0 spiro atoms. The van der Waals surface area contributed by atoms with Gasteiger partial charge in [0.25, 0.3) is 0 Å². The van der Waals surface area contributed by atoms with Gasteiger partial charge in [0.1, 0.15) is 24.0 Å². The summed E-state index contributed by atoms with van der Waals surface area (Å²) in [6, 6.07) is 24.3. The zero-order valence-corrected chi connectivity index (χ0v) is 25.0. The molecule has 0 radical (unpaired) electrons. The lowest BCUT2D eigenvalue weighted by Crippen LogP contribution is -2.40. The van der Waals surface area contributed by atoms with Crippen molar-refractivity contribution in [1.82, 2.24) is 9.97 Å². The zero-order valence-electron chi connectivity index (χ0n) is 22.7. The number of aliphatic hydroxyl groups is 1. The Bertz CT molecular complexity index is 1590. The number of halogens is 2. The Morgan fingerprint density at radius 1 is 0.905 bits per heavy atom. The third-order valence-electron chi connectivity index (χ3n) is 8.32. The topological polar surface area (TPSA) is 76.8 Å². The van der Waals surface area contributed by atoms with Crippen LogP contribution in [-0.4, -0.2) is 33.5 Å².